The SMILES string of the molecule is Cc1cc(C)c(B(c2ccccc2-c2c(-c3nc4ccccc4s3)c3c4ccccc4c4cccc2n43)c2c(C)cc(C)cc2C)c(C)c1. The molecule has 0 atom stereocenters. The molecule has 0 fully saturated rings. The summed E-state index contributed by atoms with van der Waals surface area (Å²) in [6.45, 7) is 13.7. The van der Waals surface area contributed by atoms with Crippen LogP contribution in [0.25, 0.3) is 59.2 Å². The van der Waals surface area contributed by atoms with Crippen LogP contribution in [0.15, 0.2) is 115 Å². The second-order valence-corrected chi connectivity index (χ2v) is 14.9. The molecule has 49 heavy (non-hydrogen) atoms. The maximum Gasteiger partial charge on any atom is 0.243 e. The molecule has 5 aromatic carbocycles. The Morgan fingerprint density at radius 1 is 0.551 bits per heavy atom. The molecule has 0 aliphatic carbocycles. The first-order chi connectivity index (χ1) is 23.8. The lowest BCUT2D eigenvalue weighted by Gasteiger charge is -2.26. The minimum absolute atomic E-state index is 0.0532. The molecule has 0 unspecified atom stereocenters. The molecule has 0 spiro atoms. The Balaban J connectivity index is 1.45. The molecular weight excluding hydrogens is 611 g/mol. The van der Waals surface area contributed by atoms with Crippen molar-refractivity contribution >= 4 is 72.0 Å². The molecule has 236 valence electrons. The Morgan fingerprint density at radius 3 is 1.80 bits per heavy atom. The predicted molar refractivity (Wildman–Crippen MR) is 214 cm³/mol. The molecule has 4 heterocycles. The average Bonchev–Trinajstić information content (AvgIpc) is 3.76. The van der Waals surface area contributed by atoms with Crippen LogP contribution in [0, 0.1) is 41.5 Å². The summed E-state index contributed by atoms with van der Waals surface area (Å²) >= 11 is 1.80. The molecule has 9 aromatic rings. The highest BCUT2D eigenvalue weighted by Gasteiger charge is 2.33. The summed E-state index contributed by atoms with van der Waals surface area (Å²) in [6.07, 6.45) is 0. The van der Waals surface area contributed by atoms with E-state index >= 15 is 0 Å². The van der Waals surface area contributed by atoms with Gasteiger partial charge in [0, 0.05) is 21.9 Å². The van der Waals surface area contributed by atoms with E-state index < -0.39 is 0 Å². The van der Waals surface area contributed by atoms with Gasteiger partial charge in [-0.25, -0.2) is 4.98 Å². The molecule has 0 aliphatic rings. The second-order valence-electron chi connectivity index (χ2n) is 13.9. The Hall–Kier alpha value is -5.19. The van der Waals surface area contributed by atoms with E-state index in [1.165, 1.54) is 98.5 Å². The fraction of sp³-hybridized carbons (Fsp3) is 0.133. The first-order valence-electron chi connectivity index (χ1n) is 17.2. The normalized spacial score (nSPS) is 11.9. The van der Waals surface area contributed by atoms with Crippen LogP contribution < -0.4 is 16.4 Å². The zero-order valence-electron chi connectivity index (χ0n) is 28.8. The van der Waals surface area contributed by atoms with Crippen LogP contribution in [0.4, 0.5) is 0 Å². The van der Waals surface area contributed by atoms with E-state index in [0.717, 1.165) is 10.5 Å². The third-order valence-electron chi connectivity index (χ3n) is 10.5. The number of pyridine rings is 1. The number of para-hydroxylation sites is 1. The van der Waals surface area contributed by atoms with Crippen LogP contribution in [0.3, 0.4) is 0 Å². The highest BCUT2D eigenvalue weighted by Crippen LogP contribution is 2.48. The lowest BCUT2D eigenvalue weighted by molar-refractivity contribution is 1.34. The molecule has 0 amide bonds. The van der Waals surface area contributed by atoms with Crippen molar-refractivity contribution < 1.29 is 0 Å². The van der Waals surface area contributed by atoms with Crippen LogP contribution >= 0.6 is 11.3 Å². The lowest BCUT2D eigenvalue weighted by Crippen LogP contribution is -2.56. The summed E-state index contributed by atoms with van der Waals surface area (Å²) in [5, 5.41) is 3.61. The number of aromatic nitrogens is 2. The zero-order chi connectivity index (χ0) is 33.6. The van der Waals surface area contributed by atoms with Crippen molar-refractivity contribution in [2.24, 2.45) is 0 Å². The van der Waals surface area contributed by atoms with Crippen molar-refractivity contribution in [1.29, 1.82) is 0 Å². The van der Waals surface area contributed by atoms with Crippen LogP contribution in [0.2, 0.25) is 0 Å². The van der Waals surface area contributed by atoms with Crippen molar-refractivity contribution in [2.45, 2.75) is 41.5 Å². The van der Waals surface area contributed by atoms with E-state index in [4.69, 9.17) is 4.98 Å². The number of aryl methyl sites for hydroxylation is 6. The lowest BCUT2D eigenvalue weighted by atomic mass is 9.33. The fourth-order valence-electron chi connectivity index (χ4n) is 8.87. The number of hydrogen-bond donors (Lipinski definition) is 0. The smallest absolute Gasteiger partial charge is 0.243 e. The van der Waals surface area contributed by atoms with Crippen LogP contribution in [0.1, 0.15) is 33.4 Å². The van der Waals surface area contributed by atoms with Crippen LogP contribution in [-0.2, 0) is 0 Å². The summed E-state index contributed by atoms with van der Waals surface area (Å²) < 4.78 is 3.71. The third-order valence-corrected chi connectivity index (χ3v) is 11.6. The monoisotopic (exact) mass is 648 g/mol. The van der Waals surface area contributed by atoms with Crippen LogP contribution in [-0.4, -0.2) is 16.1 Å². The molecule has 0 radical (unpaired) electrons. The van der Waals surface area contributed by atoms with Crippen molar-refractivity contribution in [1.82, 2.24) is 9.38 Å². The average molecular weight is 649 g/mol. The molecule has 0 saturated heterocycles. The Kier molecular flexibility index (Phi) is 6.83. The fourth-order valence-corrected chi connectivity index (χ4v) is 9.88. The molecule has 2 nitrogen and oxygen atoms in total. The quantitative estimate of drug-likeness (QED) is 0.170. The van der Waals surface area contributed by atoms with Gasteiger partial charge in [-0.1, -0.05) is 141 Å². The highest BCUT2D eigenvalue weighted by atomic mass is 32.1. The summed E-state index contributed by atoms with van der Waals surface area (Å²) in [5.74, 6) is 0. The van der Waals surface area contributed by atoms with E-state index in [-0.39, 0.29) is 6.71 Å². The number of nitrogens with zero attached hydrogens (tertiary/aromatic N) is 2. The van der Waals surface area contributed by atoms with Gasteiger partial charge in [-0.2, -0.15) is 0 Å². The third kappa shape index (κ3) is 4.51. The molecule has 4 aromatic heterocycles. The predicted octanol–water partition coefficient (Wildman–Crippen LogP) is 9.99. The molecule has 0 saturated carbocycles. The minimum Gasteiger partial charge on any atom is -0.308 e. The van der Waals surface area contributed by atoms with Gasteiger partial charge < -0.3 is 4.40 Å². The van der Waals surface area contributed by atoms with Crippen molar-refractivity contribution in [3.8, 4) is 21.7 Å². The number of fused-ring (bicyclic) bond motifs is 4. The Bertz CT molecular complexity index is 2610. The van der Waals surface area contributed by atoms with Crippen molar-refractivity contribution in [3.63, 3.8) is 0 Å². The maximum atomic E-state index is 5.34. The zero-order valence-corrected chi connectivity index (χ0v) is 29.7. The largest absolute Gasteiger partial charge is 0.308 e. The van der Waals surface area contributed by atoms with Gasteiger partial charge in [0.1, 0.15) is 5.01 Å². The van der Waals surface area contributed by atoms with Gasteiger partial charge in [0.2, 0.25) is 6.71 Å². The Morgan fingerprint density at radius 2 is 1.12 bits per heavy atom. The molecule has 0 bridgehead atoms. The number of benzene rings is 5. The van der Waals surface area contributed by atoms with Gasteiger partial charge in [-0.05, 0) is 71.4 Å². The summed E-state index contributed by atoms with van der Waals surface area (Å²) in [5.41, 5.74) is 20.6. The van der Waals surface area contributed by atoms with Crippen LogP contribution in [0.5, 0.6) is 0 Å². The van der Waals surface area contributed by atoms with Gasteiger partial charge in [0.25, 0.3) is 0 Å². The van der Waals surface area contributed by atoms with E-state index in [2.05, 4.69) is 161 Å². The number of hydrogen-bond acceptors (Lipinski definition) is 2. The number of thiazole rings is 1. The number of rotatable bonds is 5. The minimum atomic E-state index is 0.0532. The van der Waals surface area contributed by atoms with Crippen molar-refractivity contribution in [2.75, 3.05) is 0 Å². The topological polar surface area (TPSA) is 17.3 Å². The Labute approximate surface area is 292 Å². The van der Waals surface area contributed by atoms with E-state index in [9.17, 15) is 0 Å². The van der Waals surface area contributed by atoms with Gasteiger partial charge in [-0.3, -0.25) is 0 Å². The highest BCUT2D eigenvalue weighted by molar-refractivity contribution is 7.21. The molecule has 9 rings (SSSR count). The maximum absolute atomic E-state index is 5.34. The van der Waals surface area contributed by atoms with E-state index in [0.29, 0.717) is 0 Å². The van der Waals surface area contributed by atoms with Gasteiger partial charge >= 0.3 is 0 Å². The van der Waals surface area contributed by atoms with Crippen molar-refractivity contribution in [3.05, 3.63) is 149 Å². The van der Waals surface area contributed by atoms with Gasteiger partial charge in [-0.15, -0.1) is 11.3 Å². The summed E-state index contributed by atoms with van der Waals surface area (Å²) in [7, 11) is 0. The first-order valence-corrected chi connectivity index (χ1v) is 18.0. The molecule has 0 N–H and O–H groups in total. The van der Waals surface area contributed by atoms with E-state index in [1.54, 1.807) is 11.3 Å². The standard InChI is InChI=1S/C45H37BN2S/c1-26-22-28(3)42(29(4)23-26)46(43-30(5)24-27(2)25-31(43)6)35-17-10-9-16-34(35)40-38-20-13-19-37-32-14-7-8-15-33(32)44(48(37)38)41(40)45-47-36-18-11-12-21-39(36)49-45/h7-25H,1-6H3. The second kappa shape index (κ2) is 11.2. The molecular formula is C45H37BN2S. The molecule has 4 heteroatoms. The molecule has 0 aliphatic heterocycles. The van der Waals surface area contributed by atoms with Gasteiger partial charge in [0.05, 0.1) is 26.8 Å². The van der Waals surface area contributed by atoms with Gasteiger partial charge in [0.15, 0.2) is 0 Å². The summed E-state index contributed by atoms with van der Waals surface area (Å²) in [6, 6.07) is 42.8. The summed E-state index contributed by atoms with van der Waals surface area (Å²) in [4.78, 5) is 5.34. The first kappa shape index (κ1) is 29.9. The van der Waals surface area contributed by atoms with E-state index in [1.807, 2.05) is 0 Å².